The van der Waals surface area contributed by atoms with E-state index in [1.807, 2.05) is 31.2 Å². The van der Waals surface area contributed by atoms with Crippen molar-refractivity contribution in [3.05, 3.63) is 47.4 Å². The maximum Gasteiger partial charge on any atom is 0.218 e. The van der Waals surface area contributed by atoms with Gasteiger partial charge in [-0.25, -0.2) is 4.98 Å². The number of benzene rings is 1. The Kier molecular flexibility index (Phi) is 7.06. The summed E-state index contributed by atoms with van der Waals surface area (Å²) in [4.78, 5) is 8.58. The number of aliphatic hydroxyl groups excluding tert-OH is 1. The van der Waals surface area contributed by atoms with Gasteiger partial charge in [-0.05, 0) is 43.4 Å². The fourth-order valence-electron chi connectivity index (χ4n) is 2.04. The van der Waals surface area contributed by atoms with Crippen LogP contribution in [0.5, 0.6) is 11.6 Å². The largest absolute Gasteiger partial charge is 0.497 e. The van der Waals surface area contributed by atoms with Gasteiger partial charge in [0.2, 0.25) is 5.88 Å². The molecule has 0 radical (unpaired) electrons. The van der Waals surface area contributed by atoms with Gasteiger partial charge in [-0.15, -0.1) is 0 Å². The molecule has 1 heterocycles. The molecule has 1 N–H and O–H groups in total. The van der Waals surface area contributed by atoms with Crippen molar-refractivity contribution in [2.75, 3.05) is 13.7 Å². The minimum atomic E-state index is 0.206. The minimum Gasteiger partial charge on any atom is -0.497 e. The number of ether oxygens (including phenoxy) is 2. The quantitative estimate of drug-likeness (QED) is 0.626. The van der Waals surface area contributed by atoms with Crippen molar-refractivity contribution in [3.8, 4) is 23.5 Å². The van der Waals surface area contributed by atoms with E-state index in [2.05, 4.69) is 21.8 Å². The molecule has 0 unspecified atom stereocenters. The Morgan fingerprint density at radius 1 is 1.12 bits per heavy atom. The maximum absolute atomic E-state index is 8.75. The first-order valence-electron chi connectivity index (χ1n) is 7.92. The summed E-state index contributed by atoms with van der Waals surface area (Å²) in [6, 6.07) is 9.44. The normalized spacial score (nSPS) is 9.96. The Bertz CT molecular complexity index is 703. The predicted molar refractivity (Wildman–Crippen MR) is 91.9 cm³/mol. The fourth-order valence-corrected chi connectivity index (χ4v) is 2.04. The summed E-state index contributed by atoms with van der Waals surface area (Å²) in [6.07, 6.45) is 2.40. The smallest absolute Gasteiger partial charge is 0.218 e. The predicted octanol–water partition coefficient (Wildman–Crippen LogP) is 2.89. The molecule has 0 spiro atoms. The summed E-state index contributed by atoms with van der Waals surface area (Å²) in [6.45, 7) is 2.44. The zero-order valence-corrected chi connectivity index (χ0v) is 14.1. The van der Waals surface area contributed by atoms with E-state index >= 15 is 0 Å². The highest BCUT2D eigenvalue weighted by Gasteiger charge is 2.02. The van der Waals surface area contributed by atoms with Gasteiger partial charge in [0, 0.05) is 19.1 Å². The molecular weight excluding hydrogens is 304 g/mol. The topological polar surface area (TPSA) is 64.5 Å². The summed E-state index contributed by atoms with van der Waals surface area (Å²) in [5.41, 5.74) is 1.68. The molecule has 1 aromatic carbocycles. The van der Waals surface area contributed by atoms with Crippen molar-refractivity contribution in [1.82, 2.24) is 9.97 Å². The lowest BCUT2D eigenvalue weighted by molar-refractivity contribution is 0.285. The van der Waals surface area contributed by atoms with E-state index in [1.165, 1.54) is 0 Å². The number of aromatic nitrogens is 2. The van der Waals surface area contributed by atoms with Crippen LogP contribution in [0.4, 0.5) is 0 Å². The molecule has 5 nitrogen and oxygen atoms in total. The highest BCUT2D eigenvalue weighted by Crippen LogP contribution is 2.14. The molecule has 2 aromatic rings. The average Bonchev–Trinajstić information content (AvgIpc) is 2.60. The summed E-state index contributed by atoms with van der Waals surface area (Å²) in [5.74, 6) is 8.03. The number of aliphatic hydroxyl groups is 1. The molecule has 0 fully saturated rings. The molecule has 24 heavy (non-hydrogen) atoms. The molecule has 0 saturated carbocycles. The van der Waals surface area contributed by atoms with E-state index in [1.54, 1.807) is 13.2 Å². The highest BCUT2D eigenvalue weighted by atomic mass is 16.5. The van der Waals surface area contributed by atoms with Crippen LogP contribution in [0.2, 0.25) is 0 Å². The summed E-state index contributed by atoms with van der Waals surface area (Å²) >= 11 is 0. The van der Waals surface area contributed by atoms with E-state index < -0.39 is 0 Å². The van der Waals surface area contributed by atoms with Crippen LogP contribution in [0.1, 0.15) is 36.3 Å². The molecule has 0 saturated heterocycles. The molecule has 126 valence electrons. The average molecular weight is 326 g/mol. The Morgan fingerprint density at radius 3 is 2.62 bits per heavy atom. The third-order valence-electron chi connectivity index (χ3n) is 3.29. The standard InChI is InChI=1S/C19H22N2O3/c1-15-20-17(7-5-3-4-6-12-22)13-19(21-15)24-14-16-8-10-18(23-2)11-9-16/h8-11,13,22H,3-4,6,12,14H2,1-2H3. The molecule has 0 amide bonds. The molecule has 0 aliphatic rings. The van der Waals surface area contributed by atoms with Gasteiger partial charge in [-0.3, -0.25) is 0 Å². The van der Waals surface area contributed by atoms with Gasteiger partial charge in [0.15, 0.2) is 0 Å². The van der Waals surface area contributed by atoms with Gasteiger partial charge in [0.1, 0.15) is 23.9 Å². The zero-order chi connectivity index (χ0) is 17.2. The second-order valence-corrected chi connectivity index (χ2v) is 5.26. The van der Waals surface area contributed by atoms with Gasteiger partial charge in [0.25, 0.3) is 0 Å². The zero-order valence-electron chi connectivity index (χ0n) is 14.1. The Morgan fingerprint density at radius 2 is 1.92 bits per heavy atom. The lowest BCUT2D eigenvalue weighted by atomic mass is 10.2. The maximum atomic E-state index is 8.75. The van der Waals surface area contributed by atoms with Crippen LogP contribution in [0.15, 0.2) is 30.3 Å². The Labute approximate surface area is 142 Å². The van der Waals surface area contributed by atoms with Crippen LogP contribution in [-0.2, 0) is 6.61 Å². The van der Waals surface area contributed by atoms with Crippen molar-refractivity contribution in [2.24, 2.45) is 0 Å². The molecule has 1 aromatic heterocycles. The molecule has 0 atom stereocenters. The number of hydrogen-bond acceptors (Lipinski definition) is 5. The van der Waals surface area contributed by atoms with Crippen LogP contribution in [-0.4, -0.2) is 28.8 Å². The van der Waals surface area contributed by atoms with Gasteiger partial charge in [0.05, 0.1) is 7.11 Å². The summed E-state index contributed by atoms with van der Waals surface area (Å²) in [7, 11) is 1.64. The summed E-state index contributed by atoms with van der Waals surface area (Å²) < 4.78 is 10.9. The van der Waals surface area contributed by atoms with Gasteiger partial charge < -0.3 is 14.6 Å². The number of methoxy groups -OCH3 is 1. The van der Waals surface area contributed by atoms with E-state index in [9.17, 15) is 0 Å². The third kappa shape index (κ3) is 5.90. The Hall–Kier alpha value is -2.58. The number of rotatable bonds is 7. The van der Waals surface area contributed by atoms with Crippen molar-refractivity contribution in [2.45, 2.75) is 32.8 Å². The number of unbranched alkanes of at least 4 members (excludes halogenated alkanes) is 2. The highest BCUT2D eigenvalue weighted by molar-refractivity contribution is 5.32. The fraction of sp³-hybridized carbons (Fsp3) is 0.368. The lowest BCUT2D eigenvalue weighted by Gasteiger charge is -2.07. The van der Waals surface area contributed by atoms with Crippen LogP contribution in [0, 0.1) is 18.8 Å². The molecule has 2 rings (SSSR count). The van der Waals surface area contributed by atoms with Crippen LogP contribution >= 0.6 is 0 Å². The molecule has 0 aliphatic carbocycles. The first kappa shape index (κ1) is 17.8. The van der Waals surface area contributed by atoms with Crippen molar-refractivity contribution in [3.63, 3.8) is 0 Å². The molecule has 5 heteroatoms. The SMILES string of the molecule is COc1ccc(COc2cc(C#CCCCCO)nc(C)n2)cc1. The third-order valence-corrected chi connectivity index (χ3v) is 3.29. The van der Waals surface area contributed by atoms with Crippen molar-refractivity contribution < 1.29 is 14.6 Å². The minimum absolute atomic E-state index is 0.206. The van der Waals surface area contributed by atoms with E-state index in [4.69, 9.17) is 14.6 Å². The lowest BCUT2D eigenvalue weighted by Crippen LogP contribution is -2.00. The molecular formula is C19H22N2O3. The van der Waals surface area contributed by atoms with E-state index in [0.717, 1.165) is 30.6 Å². The Balaban J connectivity index is 1.96. The van der Waals surface area contributed by atoms with Gasteiger partial charge in [-0.1, -0.05) is 18.1 Å². The van der Waals surface area contributed by atoms with Gasteiger partial charge >= 0.3 is 0 Å². The van der Waals surface area contributed by atoms with E-state index in [0.29, 0.717) is 24.0 Å². The first-order valence-corrected chi connectivity index (χ1v) is 7.92. The molecule has 0 bridgehead atoms. The van der Waals surface area contributed by atoms with Crippen molar-refractivity contribution >= 4 is 0 Å². The second kappa shape index (κ2) is 9.53. The monoisotopic (exact) mass is 326 g/mol. The number of hydrogen-bond donors (Lipinski definition) is 1. The second-order valence-electron chi connectivity index (χ2n) is 5.26. The number of aryl methyl sites for hydroxylation is 1. The first-order chi connectivity index (χ1) is 11.7. The van der Waals surface area contributed by atoms with Crippen LogP contribution in [0.3, 0.4) is 0 Å². The van der Waals surface area contributed by atoms with Crippen LogP contribution in [0.25, 0.3) is 0 Å². The van der Waals surface area contributed by atoms with Crippen LogP contribution < -0.4 is 9.47 Å². The number of nitrogens with zero attached hydrogens (tertiary/aromatic N) is 2. The summed E-state index contributed by atoms with van der Waals surface area (Å²) in [5, 5.41) is 8.75. The van der Waals surface area contributed by atoms with Gasteiger partial charge in [-0.2, -0.15) is 4.98 Å². The van der Waals surface area contributed by atoms with Crippen molar-refractivity contribution in [1.29, 1.82) is 0 Å². The van der Waals surface area contributed by atoms with E-state index in [-0.39, 0.29) is 6.61 Å². The molecule has 0 aliphatic heterocycles.